The predicted octanol–water partition coefficient (Wildman–Crippen LogP) is 4.40. The van der Waals surface area contributed by atoms with Gasteiger partial charge in [-0.25, -0.2) is 8.42 Å². The molecule has 2 heterocycles. The highest BCUT2D eigenvalue weighted by Gasteiger charge is 2.32. The van der Waals surface area contributed by atoms with Crippen molar-refractivity contribution in [2.24, 2.45) is 5.92 Å². The summed E-state index contributed by atoms with van der Waals surface area (Å²) < 4.78 is 27.6. The standard InChI is InChI=1S/C28H39N3O3S/c1-22-10-11-27(18-23(22)2)35(33,34)31-16-12-26(13-17-31)28(32)29-20-24-8-7-9-25(19-24)21-30-14-5-3-4-6-15-30/h7-11,18-19,26H,3-6,12-17,20-21H2,1-2H3,(H,29,32). The minimum Gasteiger partial charge on any atom is -0.352 e. The lowest BCUT2D eigenvalue weighted by molar-refractivity contribution is -0.126. The van der Waals surface area contributed by atoms with Crippen molar-refractivity contribution >= 4 is 15.9 Å². The number of hydrogen-bond acceptors (Lipinski definition) is 4. The Morgan fingerprint density at radius 2 is 1.57 bits per heavy atom. The number of benzene rings is 2. The molecule has 0 radical (unpaired) electrons. The fourth-order valence-corrected chi connectivity index (χ4v) is 6.66. The summed E-state index contributed by atoms with van der Waals surface area (Å²) in [6, 6.07) is 13.8. The van der Waals surface area contributed by atoms with Crippen molar-refractivity contribution in [2.75, 3.05) is 26.2 Å². The topological polar surface area (TPSA) is 69.7 Å². The maximum atomic E-state index is 13.1. The maximum absolute atomic E-state index is 13.1. The Morgan fingerprint density at radius 3 is 2.26 bits per heavy atom. The van der Waals surface area contributed by atoms with Gasteiger partial charge in [-0.05, 0) is 87.0 Å². The van der Waals surface area contributed by atoms with E-state index in [-0.39, 0.29) is 11.8 Å². The van der Waals surface area contributed by atoms with Crippen molar-refractivity contribution in [3.05, 3.63) is 64.7 Å². The third-order valence-corrected chi connectivity index (χ3v) is 9.40. The van der Waals surface area contributed by atoms with Crippen molar-refractivity contribution in [2.45, 2.75) is 70.4 Å². The number of sulfonamides is 1. The molecule has 190 valence electrons. The van der Waals surface area contributed by atoms with Gasteiger partial charge in [0.05, 0.1) is 4.90 Å². The summed E-state index contributed by atoms with van der Waals surface area (Å²) in [5.74, 6) is -0.132. The highest BCUT2D eigenvalue weighted by molar-refractivity contribution is 7.89. The summed E-state index contributed by atoms with van der Waals surface area (Å²) in [6.07, 6.45) is 6.31. The average molecular weight is 498 g/mol. The molecule has 1 amide bonds. The van der Waals surface area contributed by atoms with E-state index in [1.54, 1.807) is 12.1 Å². The number of rotatable bonds is 7. The van der Waals surface area contributed by atoms with Crippen LogP contribution in [0, 0.1) is 19.8 Å². The molecule has 0 spiro atoms. The van der Waals surface area contributed by atoms with E-state index in [0.717, 1.165) is 23.2 Å². The molecule has 1 N–H and O–H groups in total. The van der Waals surface area contributed by atoms with Crippen LogP contribution in [0.1, 0.15) is 60.8 Å². The van der Waals surface area contributed by atoms with Gasteiger partial charge in [0.25, 0.3) is 0 Å². The van der Waals surface area contributed by atoms with Crippen LogP contribution in [-0.2, 0) is 27.9 Å². The van der Waals surface area contributed by atoms with E-state index in [0.29, 0.717) is 37.4 Å². The zero-order valence-electron chi connectivity index (χ0n) is 21.1. The second-order valence-electron chi connectivity index (χ2n) is 10.2. The lowest BCUT2D eigenvalue weighted by Crippen LogP contribution is -2.42. The van der Waals surface area contributed by atoms with Crippen molar-refractivity contribution in [3.63, 3.8) is 0 Å². The summed E-state index contributed by atoms with van der Waals surface area (Å²) in [6.45, 7) is 8.45. The van der Waals surface area contributed by atoms with Gasteiger partial charge in [-0.1, -0.05) is 43.2 Å². The number of nitrogens with one attached hydrogen (secondary N) is 1. The summed E-state index contributed by atoms with van der Waals surface area (Å²) in [5, 5.41) is 3.09. The number of piperidine rings is 1. The lowest BCUT2D eigenvalue weighted by atomic mass is 9.97. The summed E-state index contributed by atoms with van der Waals surface area (Å²) in [7, 11) is -3.53. The lowest BCUT2D eigenvalue weighted by Gasteiger charge is -2.30. The van der Waals surface area contributed by atoms with E-state index in [1.807, 2.05) is 19.9 Å². The Balaban J connectivity index is 1.27. The highest BCUT2D eigenvalue weighted by Crippen LogP contribution is 2.25. The zero-order valence-corrected chi connectivity index (χ0v) is 21.9. The van der Waals surface area contributed by atoms with Crippen molar-refractivity contribution in [1.29, 1.82) is 0 Å². The Labute approximate surface area is 210 Å². The number of likely N-dealkylation sites (tertiary alicyclic amines) is 1. The van der Waals surface area contributed by atoms with Crippen LogP contribution in [0.5, 0.6) is 0 Å². The van der Waals surface area contributed by atoms with Crippen molar-refractivity contribution in [1.82, 2.24) is 14.5 Å². The van der Waals surface area contributed by atoms with Gasteiger partial charge in [0, 0.05) is 32.1 Å². The number of carbonyl (C=O) groups is 1. The van der Waals surface area contributed by atoms with E-state index in [2.05, 4.69) is 34.5 Å². The quantitative estimate of drug-likeness (QED) is 0.616. The first-order chi connectivity index (χ1) is 16.8. The molecule has 4 rings (SSSR count). The summed E-state index contributed by atoms with van der Waals surface area (Å²) in [5.41, 5.74) is 4.45. The molecule has 2 aliphatic heterocycles. The highest BCUT2D eigenvalue weighted by atomic mass is 32.2. The van der Waals surface area contributed by atoms with Gasteiger partial charge in [-0.2, -0.15) is 4.31 Å². The first-order valence-electron chi connectivity index (χ1n) is 13.0. The number of amides is 1. The van der Waals surface area contributed by atoms with Crippen molar-refractivity contribution in [3.8, 4) is 0 Å². The smallest absolute Gasteiger partial charge is 0.243 e. The number of carbonyl (C=O) groups excluding carboxylic acids is 1. The van der Waals surface area contributed by atoms with E-state index < -0.39 is 10.0 Å². The number of hydrogen-bond donors (Lipinski definition) is 1. The average Bonchev–Trinajstić information content (AvgIpc) is 3.13. The van der Waals surface area contributed by atoms with Gasteiger partial charge >= 0.3 is 0 Å². The molecule has 2 aliphatic rings. The van der Waals surface area contributed by atoms with Gasteiger partial charge < -0.3 is 5.32 Å². The molecule has 0 unspecified atom stereocenters. The summed E-state index contributed by atoms with van der Waals surface area (Å²) >= 11 is 0. The van der Waals surface area contributed by atoms with Gasteiger partial charge in [-0.3, -0.25) is 9.69 Å². The second-order valence-corrected chi connectivity index (χ2v) is 12.1. The minimum atomic E-state index is -3.53. The molecular weight excluding hydrogens is 458 g/mol. The van der Waals surface area contributed by atoms with E-state index in [1.165, 1.54) is 48.6 Å². The summed E-state index contributed by atoms with van der Waals surface area (Å²) in [4.78, 5) is 15.7. The Morgan fingerprint density at radius 1 is 0.886 bits per heavy atom. The molecule has 2 saturated heterocycles. The third kappa shape index (κ3) is 6.72. The molecule has 35 heavy (non-hydrogen) atoms. The van der Waals surface area contributed by atoms with E-state index in [4.69, 9.17) is 0 Å². The fraction of sp³-hybridized carbons (Fsp3) is 0.536. The van der Waals surface area contributed by atoms with Crippen LogP contribution < -0.4 is 5.32 Å². The first kappa shape index (κ1) is 25.9. The molecule has 0 bridgehead atoms. The van der Waals surface area contributed by atoms with Crippen LogP contribution >= 0.6 is 0 Å². The second kappa shape index (κ2) is 11.7. The van der Waals surface area contributed by atoms with Crippen LogP contribution in [0.3, 0.4) is 0 Å². The molecule has 2 aromatic carbocycles. The monoisotopic (exact) mass is 497 g/mol. The molecule has 2 fully saturated rings. The van der Waals surface area contributed by atoms with Gasteiger partial charge in [0.2, 0.25) is 15.9 Å². The van der Waals surface area contributed by atoms with E-state index >= 15 is 0 Å². The molecule has 7 heteroatoms. The van der Waals surface area contributed by atoms with Crippen molar-refractivity contribution < 1.29 is 13.2 Å². The molecule has 0 aromatic heterocycles. The molecule has 0 saturated carbocycles. The Kier molecular flexibility index (Phi) is 8.63. The maximum Gasteiger partial charge on any atom is 0.243 e. The van der Waals surface area contributed by atoms with Gasteiger partial charge in [-0.15, -0.1) is 0 Å². The van der Waals surface area contributed by atoms with Gasteiger partial charge in [0.1, 0.15) is 0 Å². The Bertz CT molecular complexity index is 1120. The first-order valence-corrected chi connectivity index (χ1v) is 14.4. The normalized spacial score (nSPS) is 18.8. The minimum absolute atomic E-state index is 0.0196. The van der Waals surface area contributed by atoms with Crippen LogP contribution in [0.2, 0.25) is 0 Å². The fourth-order valence-electron chi connectivity index (χ4n) is 5.11. The predicted molar refractivity (Wildman–Crippen MR) is 139 cm³/mol. The number of nitrogens with zero attached hydrogens (tertiary/aromatic N) is 2. The molecular formula is C28H39N3O3S. The largest absolute Gasteiger partial charge is 0.352 e. The van der Waals surface area contributed by atoms with Gasteiger partial charge in [0.15, 0.2) is 0 Å². The Hall–Kier alpha value is -2.22. The van der Waals surface area contributed by atoms with E-state index in [9.17, 15) is 13.2 Å². The van der Waals surface area contributed by atoms with Crippen LogP contribution in [0.15, 0.2) is 47.4 Å². The van der Waals surface area contributed by atoms with Crippen LogP contribution in [0.25, 0.3) is 0 Å². The molecule has 6 nitrogen and oxygen atoms in total. The molecule has 0 atom stereocenters. The zero-order chi connectivity index (χ0) is 24.8. The van der Waals surface area contributed by atoms with Crippen LogP contribution in [-0.4, -0.2) is 49.7 Å². The molecule has 0 aliphatic carbocycles. The SMILES string of the molecule is Cc1ccc(S(=O)(=O)N2CCC(C(=O)NCc3cccc(CN4CCCCCC4)c3)CC2)cc1C. The number of aryl methyl sites for hydroxylation is 2. The van der Waals surface area contributed by atoms with Crippen LogP contribution in [0.4, 0.5) is 0 Å². The molecule has 2 aromatic rings. The third-order valence-electron chi connectivity index (χ3n) is 7.50.